The minimum atomic E-state index is 0.166. The normalized spacial score (nSPS) is 19.6. The van der Waals surface area contributed by atoms with Gasteiger partial charge in [0.15, 0.2) is 0 Å². The molecule has 1 saturated heterocycles. The van der Waals surface area contributed by atoms with E-state index in [0.29, 0.717) is 13.0 Å². The van der Waals surface area contributed by atoms with Crippen LogP contribution in [-0.2, 0) is 11.2 Å². The zero-order valence-electron chi connectivity index (χ0n) is 9.53. The molecule has 0 spiro atoms. The molecule has 3 heteroatoms. The standard InChI is InChI=1S/C13H17NO2/c1-2-16-12-6-4-3-5-10(12)9-11-7-8-13(15)14-11/h3-6,11H,2,7-9H2,1H3,(H,14,15). The molecule has 0 saturated carbocycles. The summed E-state index contributed by atoms with van der Waals surface area (Å²) in [5.41, 5.74) is 1.18. The highest BCUT2D eigenvalue weighted by molar-refractivity contribution is 5.78. The quantitative estimate of drug-likeness (QED) is 0.840. The third-order valence-corrected chi connectivity index (χ3v) is 2.82. The highest BCUT2D eigenvalue weighted by Gasteiger charge is 2.21. The molecule has 1 fully saturated rings. The first-order chi connectivity index (χ1) is 7.79. The first-order valence-corrected chi connectivity index (χ1v) is 5.79. The van der Waals surface area contributed by atoms with Crippen molar-refractivity contribution < 1.29 is 9.53 Å². The van der Waals surface area contributed by atoms with Crippen molar-refractivity contribution in [3.8, 4) is 5.75 Å². The van der Waals surface area contributed by atoms with Crippen LogP contribution in [0.15, 0.2) is 24.3 Å². The van der Waals surface area contributed by atoms with Crippen LogP contribution < -0.4 is 10.1 Å². The zero-order valence-corrected chi connectivity index (χ0v) is 9.53. The largest absolute Gasteiger partial charge is 0.494 e. The van der Waals surface area contributed by atoms with Crippen LogP contribution in [0.1, 0.15) is 25.3 Å². The highest BCUT2D eigenvalue weighted by atomic mass is 16.5. The van der Waals surface area contributed by atoms with Gasteiger partial charge in [-0.25, -0.2) is 0 Å². The van der Waals surface area contributed by atoms with Crippen molar-refractivity contribution >= 4 is 5.91 Å². The Hall–Kier alpha value is -1.51. The molecule has 86 valence electrons. The molecule has 16 heavy (non-hydrogen) atoms. The van der Waals surface area contributed by atoms with Crippen molar-refractivity contribution in [3.63, 3.8) is 0 Å². The average Bonchev–Trinajstić information content (AvgIpc) is 2.67. The minimum Gasteiger partial charge on any atom is -0.494 e. The lowest BCUT2D eigenvalue weighted by atomic mass is 10.0. The van der Waals surface area contributed by atoms with Gasteiger partial charge in [-0.05, 0) is 31.4 Å². The molecule has 1 aromatic rings. The topological polar surface area (TPSA) is 38.3 Å². The number of hydrogen-bond donors (Lipinski definition) is 1. The van der Waals surface area contributed by atoms with Gasteiger partial charge in [0.1, 0.15) is 5.75 Å². The van der Waals surface area contributed by atoms with Crippen LogP contribution in [0, 0.1) is 0 Å². The summed E-state index contributed by atoms with van der Waals surface area (Å²) in [6, 6.07) is 8.30. The maximum absolute atomic E-state index is 11.1. The van der Waals surface area contributed by atoms with Gasteiger partial charge in [0.25, 0.3) is 0 Å². The summed E-state index contributed by atoms with van der Waals surface area (Å²) in [5, 5.41) is 2.98. The number of benzene rings is 1. The second kappa shape index (κ2) is 5.01. The van der Waals surface area contributed by atoms with E-state index >= 15 is 0 Å². The molecule has 1 atom stereocenters. The maximum Gasteiger partial charge on any atom is 0.220 e. The molecule has 1 unspecified atom stereocenters. The highest BCUT2D eigenvalue weighted by Crippen LogP contribution is 2.22. The Morgan fingerprint density at radius 2 is 2.25 bits per heavy atom. The summed E-state index contributed by atoms with van der Waals surface area (Å²) in [6.07, 6.45) is 2.45. The molecule has 1 N–H and O–H groups in total. The molecule has 0 radical (unpaired) electrons. The van der Waals surface area contributed by atoms with Crippen LogP contribution in [-0.4, -0.2) is 18.6 Å². The Morgan fingerprint density at radius 1 is 1.44 bits per heavy atom. The molecule has 1 heterocycles. The van der Waals surface area contributed by atoms with Crippen molar-refractivity contribution in [2.45, 2.75) is 32.2 Å². The predicted molar refractivity (Wildman–Crippen MR) is 62.5 cm³/mol. The second-order valence-electron chi connectivity index (χ2n) is 4.05. The fourth-order valence-corrected chi connectivity index (χ4v) is 2.06. The molecule has 2 rings (SSSR count). The lowest BCUT2D eigenvalue weighted by molar-refractivity contribution is -0.119. The van der Waals surface area contributed by atoms with E-state index in [1.807, 2.05) is 25.1 Å². The molecule has 1 aliphatic rings. The van der Waals surface area contributed by atoms with Gasteiger partial charge in [0.05, 0.1) is 6.61 Å². The van der Waals surface area contributed by atoms with Gasteiger partial charge in [0.2, 0.25) is 5.91 Å². The minimum absolute atomic E-state index is 0.166. The third-order valence-electron chi connectivity index (χ3n) is 2.82. The maximum atomic E-state index is 11.1. The lowest BCUT2D eigenvalue weighted by Crippen LogP contribution is -2.27. The number of amides is 1. The Morgan fingerprint density at radius 3 is 2.94 bits per heavy atom. The van der Waals surface area contributed by atoms with E-state index in [9.17, 15) is 4.79 Å². The Kier molecular flexibility index (Phi) is 3.44. The molecule has 1 aromatic carbocycles. The third kappa shape index (κ3) is 2.54. The van der Waals surface area contributed by atoms with Crippen molar-refractivity contribution in [2.75, 3.05) is 6.61 Å². The molecule has 1 amide bonds. The molecular weight excluding hydrogens is 202 g/mol. The Bertz CT molecular complexity index is 376. The molecular formula is C13H17NO2. The number of ether oxygens (including phenoxy) is 1. The second-order valence-corrected chi connectivity index (χ2v) is 4.05. The summed E-state index contributed by atoms with van der Waals surface area (Å²) in [4.78, 5) is 11.1. The molecule has 0 bridgehead atoms. The smallest absolute Gasteiger partial charge is 0.220 e. The molecule has 0 aromatic heterocycles. The van der Waals surface area contributed by atoms with Gasteiger partial charge in [-0.3, -0.25) is 4.79 Å². The zero-order chi connectivity index (χ0) is 11.4. The molecule has 3 nitrogen and oxygen atoms in total. The first-order valence-electron chi connectivity index (χ1n) is 5.79. The van der Waals surface area contributed by atoms with Crippen molar-refractivity contribution in [2.24, 2.45) is 0 Å². The monoisotopic (exact) mass is 219 g/mol. The van der Waals surface area contributed by atoms with Crippen LogP contribution in [0.25, 0.3) is 0 Å². The summed E-state index contributed by atoms with van der Waals surface area (Å²) in [6.45, 7) is 2.65. The van der Waals surface area contributed by atoms with Crippen molar-refractivity contribution in [1.82, 2.24) is 5.32 Å². The van der Waals surface area contributed by atoms with Gasteiger partial charge in [-0.1, -0.05) is 18.2 Å². The molecule has 0 aliphatic carbocycles. The van der Waals surface area contributed by atoms with Gasteiger partial charge in [0, 0.05) is 12.5 Å². The van der Waals surface area contributed by atoms with E-state index in [2.05, 4.69) is 11.4 Å². The van der Waals surface area contributed by atoms with E-state index in [-0.39, 0.29) is 11.9 Å². The summed E-state index contributed by atoms with van der Waals surface area (Å²) in [5.74, 6) is 1.10. The van der Waals surface area contributed by atoms with Gasteiger partial charge >= 0.3 is 0 Å². The Labute approximate surface area is 95.8 Å². The number of para-hydroxylation sites is 1. The van der Waals surface area contributed by atoms with E-state index in [4.69, 9.17) is 4.74 Å². The predicted octanol–water partition coefficient (Wildman–Crippen LogP) is 1.91. The van der Waals surface area contributed by atoms with Crippen LogP contribution in [0.4, 0.5) is 0 Å². The van der Waals surface area contributed by atoms with Crippen molar-refractivity contribution in [3.05, 3.63) is 29.8 Å². The Balaban J connectivity index is 2.05. The number of rotatable bonds is 4. The van der Waals surface area contributed by atoms with E-state index < -0.39 is 0 Å². The SMILES string of the molecule is CCOc1ccccc1CC1CCC(=O)N1. The van der Waals surface area contributed by atoms with Gasteiger partial charge in [-0.2, -0.15) is 0 Å². The summed E-state index contributed by atoms with van der Waals surface area (Å²) in [7, 11) is 0. The molecule has 1 aliphatic heterocycles. The van der Waals surface area contributed by atoms with E-state index in [0.717, 1.165) is 18.6 Å². The van der Waals surface area contributed by atoms with E-state index in [1.165, 1.54) is 5.56 Å². The fourth-order valence-electron chi connectivity index (χ4n) is 2.06. The number of carbonyl (C=O) groups excluding carboxylic acids is 1. The average molecular weight is 219 g/mol. The van der Waals surface area contributed by atoms with Crippen LogP contribution in [0.3, 0.4) is 0 Å². The summed E-state index contributed by atoms with van der Waals surface area (Å²) >= 11 is 0. The van der Waals surface area contributed by atoms with E-state index in [1.54, 1.807) is 0 Å². The van der Waals surface area contributed by atoms with Crippen LogP contribution in [0.2, 0.25) is 0 Å². The van der Waals surface area contributed by atoms with Gasteiger partial charge in [-0.15, -0.1) is 0 Å². The van der Waals surface area contributed by atoms with Crippen LogP contribution in [0.5, 0.6) is 5.75 Å². The number of nitrogens with one attached hydrogen (secondary N) is 1. The van der Waals surface area contributed by atoms with Crippen LogP contribution >= 0.6 is 0 Å². The van der Waals surface area contributed by atoms with Crippen molar-refractivity contribution in [1.29, 1.82) is 0 Å². The first kappa shape index (κ1) is 11.0. The van der Waals surface area contributed by atoms with Gasteiger partial charge < -0.3 is 10.1 Å². The summed E-state index contributed by atoms with van der Waals surface area (Å²) < 4.78 is 5.56. The fraction of sp³-hybridized carbons (Fsp3) is 0.462. The number of hydrogen-bond acceptors (Lipinski definition) is 2. The lowest BCUT2D eigenvalue weighted by Gasteiger charge is -2.13. The number of carbonyl (C=O) groups is 1.